The van der Waals surface area contributed by atoms with Crippen LogP contribution < -0.4 is 5.32 Å². The van der Waals surface area contributed by atoms with Gasteiger partial charge in [0.15, 0.2) is 0 Å². The van der Waals surface area contributed by atoms with Crippen LogP contribution in [0.1, 0.15) is 45.6 Å². The van der Waals surface area contributed by atoms with Gasteiger partial charge in [0.05, 0.1) is 6.10 Å². The van der Waals surface area contributed by atoms with E-state index >= 15 is 0 Å². The topological polar surface area (TPSA) is 58.6 Å². The Bertz CT molecular complexity index is 412. The van der Waals surface area contributed by atoms with Crippen molar-refractivity contribution in [1.82, 2.24) is 5.32 Å². The van der Waals surface area contributed by atoms with E-state index in [4.69, 9.17) is 4.74 Å². The first-order valence-corrected chi connectivity index (χ1v) is 7.55. The van der Waals surface area contributed by atoms with Crippen LogP contribution >= 0.6 is 0 Å². The third-order valence-corrected chi connectivity index (χ3v) is 2.99. The number of benzene rings is 1. The summed E-state index contributed by atoms with van der Waals surface area (Å²) < 4.78 is 5.13. The monoisotopic (exact) mass is 293 g/mol. The smallest absolute Gasteiger partial charge is 0.407 e. The minimum absolute atomic E-state index is 0.386. The van der Waals surface area contributed by atoms with Crippen molar-refractivity contribution in [1.29, 1.82) is 0 Å². The Morgan fingerprint density at radius 2 is 1.90 bits per heavy atom. The SMILES string of the molecule is CC(C)(C)OC(=O)NCCC(O)CCCc1ccccc1. The number of aliphatic hydroxyl groups excluding tert-OH is 1. The number of rotatable bonds is 7. The van der Waals surface area contributed by atoms with Gasteiger partial charge in [-0.25, -0.2) is 4.79 Å². The number of alkyl carbamates (subject to hydrolysis) is 1. The summed E-state index contributed by atoms with van der Waals surface area (Å²) in [5, 5.41) is 12.5. The van der Waals surface area contributed by atoms with E-state index in [1.807, 2.05) is 39.0 Å². The molecule has 0 radical (unpaired) electrons. The van der Waals surface area contributed by atoms with Crippen LogP contribution in [0.4, 0.5) is 4.79 Å². The first kappa shape index (κ1) is 17.5. The summed E-state index contributed by atoms with van der Waals surface area (Å²) in [7, 11) is 0. The second-order valence-electron chi connectivity index (χ2n) is 6.25. The van der Waals surface area contributed by atoms with Crippen molar-refractivity contribution in [3.8, 4) is 0 Å². The molecular formula is C17H27NO3. The van der Waals surface area contributed by atoms with Gasteiger partial charge >= 0.3 is 6.09 Å². The van der Waals surface area contributed by atoms with Gasteiger partial charge in [0, 0.05) is 6.54 Å². The highest BCUT2D eigenvalue weighted by molar-refractivity contribution is 5.67. The highest BCUT2D eigenvalue weighted by Gasteiger charge is 2.15. The molecule has 0 heterocycles. The predicted octanol–water partition coefficient (Wildman–Crippen LogP) is 3.29. The molecule has 1 amide bonds. The van der Waals surface area contributed by atoms with Crippen molar-refractivity contribution in [2.45, 2.75) is 58.2 Å². The van der Waals surface area contributed by atoms with Crippen LogP contribution in [-0.4, -0.2) is 29.4 Å². The van der Waals surface area contributed by atoms with Crippen molar-refractivity contribution < 1.29 is 14.6 Å². The Kier molecular flexibility index (Phi) is 7.23. The highest BCUT2D eigenvalue weighted by atomic mass is 16.6. The zero-order chi connectivity index (χ0) is 15.7. The maximum atomic E-state index is 11.4. The van der Waals surface area contributed by atoms with Crippen LogP contribution in [0.2, 0.25) is 0 Å². The fourth-order valence-electron chi connectivity index (χ4n) is 1.99. The third kappa shape index (κ3) is 9.08. The van der Waals surface area contributed by atoms with Gasteiger partial charge in [0.25, 0.3) is 0 Å². The zero-order valence-electron chi connectivity index (χ0n) is 13.3. The summed E-state index contributed by atoms with van der Waals surface area (Å²) >= 11 is 0. The van der Waals surface area contributed by atoms with E-state index in [-0.39, 0.29) is 6.10 Å². The molecule has 1 rings (SSSR count). The summed E-state index contributed by atoms with van der Waals surface area (Å²) in [6, 6.07) is 10.2. The van der Waals surface area contributed by atoms with E-state index in [0.717, 1.165) is 19.3 Å². The van der Waals surface area contributed by atoms with Gasteiger partial charge in [-0.1, -0.05) is 30.3 Å². The summed E-state index contributed by atoms with van der Waals surface area (Å²) in [6.07, 6.45) is 2.39. The fraction of sp³-hybridized carbons (Fsp3) is 0.588. The van der Waals surface area contributed by atoms with Gasteiger partial charge in [-0.05, 0) is 52.0 Å². The number of carbonyl (C=O) groups is 1. The average Bonchev–Trinajstić information content (AvgIpc) is 2.38. The van der Waals surface area contributed by atoms with E-state index < -0.39 is 11.7 Å². The van der Waals surface area contributed by atoms with E-state index in [0.29, 0.717) is 13.0 Å². The molecule has 0 spiro atoms. The van der Waals surface area contributed by atoms with E-state index in [9.17, 15) is 9.90 Å². The molecule has 1 aromatic rings. The van der Waals surface area contributed by atoms with Gasteiger partial charge in [-0.15, -0.1) is 0 Å². The first-order valence-electron chi connectivity index (χ1n) is 7.55. The largest absolute Gasteiger partial charge is 0.444 e. The van der Waals surface area contributed by atoms with Gasteiger partial charge in [0.2, 0.25) is 0 Å². The van der Waals surface area contributed by atoms with Crippen molar-refractivity contribution in [3.63, 3.8) is 0 Å². The number of hydrogen-bond donors (Lipinski definition) is 2. The molecule has 0 aliphatic carbocycles. The number of ether oxygens (including phenoxy) is 1. The minimum atomic E-state index is -0.488. The summed E-state index contributed by atoms with van der Waals surface area (Å²) in [5.74, 6) is 0. The van der Waals surface area contributed by atoms with Gasteiger partial charge in [-0.3, -0.25) is 0 Å². The van der Waals surface area contributed by atoms with Crippen molar-refractivity contribution in [2.24, 2.45) is 0 Å². The highest BCUT2D eigenvalue weighted by Crippen LogP contribution is 2.09. The van der Waals surface area contributed by atoms with Crippen LogP contribution in [0.15, 0.2) is 30.3 Å². The number of nitrogens with one attached hydrogen (secondary N) is 1. The summed E-state index contributed by atoms with van der Waals surface area (Å²) in [6.45, 7) is 5.91. The van der Waals surface area contributed by atoms with Gasteiger partial charge < -0.3 is 15.2 Å². The molecule has 1 unspecified atom stereocenters. The van der Waals surface area contributed by atoms with Gasteiger partial charge in [-0.2, -0.15) is 0 Å². The van der Waals surface area contributed by atoms with Crippen LogP contribution in [0, 0.1) is 0 Å². The lowest BCUT2D eigenvalue weighted by Crippen LogP contribution is -2.34. The Morgan fingerprint density at radius 1 is 1.24 bits per heavy atom. The van der Waals surface area contributed by atoms with E-state index in [2.05, 4.69) is 17.4 Å². The molecule has 0 bridgehead atoms. The zero-order valence-corrected chi connectivity index (χ0v) is 13.3. The number of aliphatic hydroxyl groups is 1. The van der Waals surface area contributed by atoms with E-state index in [1.54, 1.807) is 0 Å². The first-order chi connectivity index (χ1) is 9.87. The molecule has 118 valence electrons. The van der Waals surface area contributed by atoms with Crippen LogP contribution in [0.5, 0.6) is 0 Å². The normalized spacial score (nSPS) is 12.8. The molecule has 0 aromatic heterocycles. The molecule has 2 N–H and O–H groups in total. The summed E-state index contributed by atoms with van der Waals surface area (Å²) in [4.78, 5) is 11.4. The summed E-state index contributed by atoms with van der Waals surface area (Å²) in [5.41, 5.74) is 0.801. The molecule has 21 heavy (non-hydrogen) atoms. The van der Waals surface area contributed by atoms with Crippen molar-refractivity contribution in [2.75, 3.05) is 6.54 Å². The molecule has 0 saturated heterocycles. The molecule has 4 nitrogen and oxygen atoms in total. The predicted molar refractivity (Wildman–Crippen MR) is 84.2 cm³/mol. The average molecular weight is 293 g/mol. The molecular weight excluding hydrogens is 266 g/mol. The number of amides is 1. The lowest BCUT2D eigenvalue weighted by molar-refractivity contribution is 0.0517. The van der Waals surface area contributed by atoms with Crippen molar-refractivity contribution >= 4 is 6.09 Å². The van der Waals surface area contributed by atoms with Crippen molar-refractivity contribution in [3.05, 3.63) is 35.9 Å². The maximum Gasteiger partial charge on any atom is 0.407 e. The molecule has 0 saturated carbocycles. The third-order valence-electron chi connectivity index (χ3n) is 2.99. The van der Waals surface area contributed by atoms with Crippen LogP contribution in [0.3, 0.4) is 0 Å². The molecule has 0 aliphatic heterocycles. The number of aryl methyl sites for hydroxylation is 1. The molecule has 1 aromatic carbocycles. The Labute approximate surface area is 127 Å². The molecule has 4 heteroatoms. The number of carbonyl (C=O) groups excluding carboxylic acids is 1. The fourth-order valence-corrected chi connectivity index (χ4v) is 1.99. The molecule has 1 atom stereocenters. The Morgan fingerprint density at radius 3 is 2.52 bits per heavy atom. The Hall–Kier alpha value is -1.55. The second kappa shape index (κ2) is 8.67. The quantitative estimate of drug-likeness (QED) is 0.811. The maximum absolute atomic E-state index is 11.4. The lowest BCUT2D eigenvalue weighted by Gasteiger charge is -2.20. The standard InChI is InChI=1S/C17H27NO3/c1-17(2,3)21-16(20)18-13-12-15(19)11-7-10-14-8-5-4-6-9-14/h4-6,8-9,15,19H,7,10-13H2,1-3H3,(H,18,20). The Balaban J connectivity index is 2.09. The van der Waals surface area contributed by atoms with Crippen LogP contribution in [-0.2, 0) is 11.2 Å². The number of hydrogen-bond acceptors (Lipinski definition) is 3. The van der Waals surface area contributed by atoms with Crippen LogP contribution in [0.25, 0.3) is 0 Å². The van der Waals surface area contributed by atoms with Gasteiger partial charge in [0.1, 0.15) is 5.60 Å². The second-order valence-corrected chi connectivity index (χ2v) is 6.25. The molecule has 0 aliphatic rings. The molecule has 0 fully saturated rings. The van der Waals surface area contributed by atoms with E-state index in [1.165, 1.54) is 5.56 Å². The lowest BCUT2D eigenvalue weighted by atomic mass is 10.0. The minimum Gasteiger partial charge on any atom is -0.444 e.